The van der Waals surface area contributed by atoms with Crippen molar-refractivity contribution < 1.29 is 0 Å². The SMILES string of the molecule is CC1(C)c2ccccc2-c2ccc(N(c3ccc4c(c3)C(C)(C)c3ccccc3-4)c3ccc4c5c(c6ccccc6c4c3)-c3ccccc3C5(C)C)cc21. The lowest BCUT2D eigenvalue weighted by Crippen LogP contribution is -2.18. The molecule has 0 radical (unpaired) electrons. The second-order valence-corrected chi connectivity index (χ2v) is 17.3. The van der Waals surface area contributed by atoms with Gasteiger partial charge < -0.3 is 4.90 Å². The van der Waals surface area contributed by atoms with Gasteiger partial charge in [-0.2, -0.15) is 0 Å². The summed E-state index contributed by atoms with van der Waals surface area (Å²) in [6.07, 6.45) is 0. The molecule has 1 nitrogen and oxygen atoms in total. The molecule has 0 heterocycles. The van der Waals surface area contributed by atoms with Crippen molar-refractivity contribution in [2.75, 3.05) is 4.90 Å². The van der Waals surface area contributed by atoms with E-state index in [1.807, 2.05) is 0 Å². The minimum Gasteiger partial charge on any atom is -0.310 e. The highest BCUT2D eigenvalue weighted by Crippen LogP contribution is 2.56. The molecule has 0 aromatic heterocycles. The maximum absolute atomic E-state index is 2.51. The van der Waals surface area contributed by atoms with Crippen molar-refractivity contribution in [3.8, 4) is 33.4 Å². The Morgan fingerprint density at radius 2 is 0.741 bits per heavy atom. The van der Waals surface area contributed by atoms with Crippen LogP contribution < -0.4 is 4.90 Å². The van der Waals surface area contributed by atoms with Crippen molar-refractivity contribution >= 4 is 38.6 Å². The van der Waals surface area contributed by atoms with Crippen LogP contribution in [0.4, 0.5) is 17.1 Å². The van der Waals surface area contributed by atoms with Crippen LogP contribution in [0.25, 0.3) is 54.9 Å². The molecular formula is C53H43N. The minimum atomic E-state index is -0.115. The lowest BCUT2D eigenvalue weighted by atomic mass is 9.79. The van der Waals surface area contributed by atoms with E-state index in [9.17, 15) is 0 Å². The van der Waals surface area contributed by atoms with Crippen LogP contribution in [0, 0.1) is 0 Å². The number of fused-ring (bicyclic) bond motifs is 14. The summed E-state index contributed by atoms with van der Waals surface area (Å²) in [7, 11) is 0. The molecule has 8 aromatic rings. The van der Waals surface area contributed by atoms with Crippen LogP contribution >= 0.6 is 0 Å². The van der Waals surface area contributed by atoms with Gasteiger partial charge in [0.1, 0.15) is 0 Å². The third kappa shape index (κ3) is 4.00. The molecule has 0 atom stereocenters. The van der Waals surface area contributed by atoms with Gasteiger partial charge in [0.25, 0.3) is 0 Å². The fourth-order valence-electron chi connectivity index (χ4n) is 10.7. The van der Waals surface area contributed by atoms with Gasteiger partial charge >= 0.3 is 0 Å². The lowest BCUT2D eigenvalue weighted by Gasteiger charge is -2.30. The van der Waals surface area contributed by atoms with Crippen molar-refractivity contribution in [2.45, 2.75) is 57.8 Å². The van der Waals surface area contributed by atoms with Crippen molar-refractivity contribution in [3.63, 3.8) is 0 Å². The molecule has 0 bridgehead atoms. The molecule has 0 N–H and O–H groups in total. The van der Waals surface area contributed by atoms with Gasteiger partial charge in [0.15, 0.2) is 0 Å². The molecule has 11 rings (SSSR count). The summed E-state index contributed by atoms with van der Waals surface area (Å²) in [5, 5.41) is 5.27. The number of anilines is 3. The maximum Gasteiger partial charge on any atom is 0.0468 e. The fourth-order valence-corrected chi connectivity index (χ4v) is 10.7. The van der Waals surface area contributed by atoms with Crippen molar-refractivity contribution in [3.05, 3.63) is 185 Å². The summed E-state index contributed by atoms with van der Waals surface area (Å²) in [5.41, 5.74) is 19.7. The van der Waals surface area contributed by atoms with Crippen molar-refractivity contribution in [1.29, 1.82) is 0 Å². The molecule has 0 saturated carbocycles. The molecule has 3 aliphatic carbocycles. The molecule has 0 spiro atoms. The number of hydrogen-bond acceptors (Lipinski definition) is 1. The zero-order chi connectivity index (χ0) is 36.7. The third-order valence-electron chi connectivity index (χ3n) is 13.4. The van der Waals surface area contributed by atoms with E-state index in [-0.39, 0.29) is 16.2 Å². The Balaban J connectivity index is 1.17. The Morgan fingerprint density at radius 1 is 0.315 bits per heavy atom. The molecule has 1 heteroatoms. The zero-order valence-electron chi connectivity index (χ0n) is 31.9. The Bertz CT molecular complexity index is 2810. The molecule has 0 fully saturated rings. The smallest absolute Gasteiger partial charge is 0.0468 e. The first kappa shape index (κ1) is 31.6. The Morgan fingerprint density at radius 3 is 1.31 bits per heavy atom. The maximum atomic E-state index is 2.51. The van der Waals surface area contributed by atoms with Crippen LogP contribution in [0.1, 0.15) is 74.9 Å². The summed E-state index contributed by atoms with van der Waals surface area (Å²) in [6.45, 7) is 14.3. The number of benzene rings is 8. The first-order valence-electron chi connectivity index (χ1n) is 19.4. The summed E-state index contributed by atoms with van der Waals surface area (Å²) < 4.78 is 0. The molecule has 0 unspecified atom stereocenters. The normalized spacial score (nSPS) is 16.0. The van der Waals surface area contributed by atoms with Crippen molar-refractivity contribution in [2.24, 2.45) is 0 Å². The number of nitrogens with zero attached hydrogens (tertiary/aromatic N) is 1. The number of hydrogen-bond donors (Lipinski definition) is 0. The van der Waals surface area contributed by atoms with E-state index in [1.165, 1.54) is 105 Å². The van der Waals surface area contributed by atoms with Gasteiger partial charge in [0, 0.05) is 33.3 Å². The molecule has 8 aromatic carbocycles. The standard InChI is InChI=1S/C53H43N/c1-51(2)44-20-12-9-16-36(44)38-26-23-33(30-47(38)51)54(34-24-27-39-37-17-10-13-21-45(37)52(3,4)48(39)31-34)32-25-28-41-43(29-32)35-15-7-8-18-40(35)49-42-19-11-14-22-46(42)53(5,6)50(41)49/h7-31H,1-6H3. The zero-order valence-corrected chi connectivity index (χ0v) is 31.9. The highest BCUT2D eigenvalue weighted by Gasteiger charge is 2.40. The van der Waals surface area contributed by atoms with Crippen LogP contribution in [0.3, 0.4) is 0 Å². The highest BCUT2D eigenvalue weighted by atomic mass is 15.1. The van der Waals surface area contributed by atoms with Gasteiger partial charge in [-0.05, 0) is 125 Å². The molecule has 0 aliphatic heterocycles. The minimum absolute atomic E-state index is 0.101. The van der Waals surface area contributed by atoms with E-state index in [0.717, 1.165) is 0 Å². The molecule has 260 valence electrons. The van der Waals surface area contributed by atoms with Crippen LogP contribution in [0.2, 0.25) is 0 Å². The fraction of sp³-hybridized carbons (Fsp3) is 0.170. The Labute approximate surface area is 318 Å². The third-order valence-corrected chi connectivity index (χ3v) is 13.4. The van der Waals surface area contributed by atoms with E-state index < -0.39 is 0 Å². The summed E-state index contributed by atoms with van der Waals surface area (Å²) in [6, 6.07) is 57.6. The first-order chi connectivity index (χ1) is 26.1. The average Bonchev–Trinajstić information content (AvgIpc) is 3.68. The van der Waals surface area contributed by atoms with Gasteiger partial charge in [0.05, 0.1) is 0 Å². The Hall–Kier alpha value is -5.92. The monoisotopic (exact) mass is 693 g/mol. The van der Waals surface area contributed by atoms with Crippen LogP contribution in [-0.4, -0.2) is 0 Å². The van der Waals surface area contributed by atoms with Gasteiger partial charge in [-0.1, -0.05) is 157 Å². The lowest BCUT2D eigenvalue weighted by molar-refractivity contribution is 0.660. The molecule has 0 saturated heterocycles. The van der Waals surface area contributed by atoms with Crippen molar-refractivity contribution in [1.82, 2.24) is 0 Å². The second-order valence-electron chi connectivity index (χ2n) is 17.3. The van der Waals surface area contributed by atoms with Crippen LogP contribution in [0.5, 0.6) is 0 Å². The van der Waals surface area contributed by atoms with Gasteiger partial charge in [-0.3, -0.25) is 0 Å². The summed E-state index contributed by atoms with van der Waals surface area (Å²) in [5.74, 6) is 0. The first-order valence-corrected chi connectivity index (χ1v) is 19.4. The molecule has 3 aliphatic rings. The molecule has 54 heavy (non-hydrogen) atoms. The topological polar surface area (TPSA) is 3.24 Å². The summed E-state index contributed by atoms with van der Waals surface area (Å²) in [4.78, 5) is 2.51. The van der Waals surface area contributed by atoms with Gasteiger partial charge in [-0.15, -0.1) is 0 Å². The van der Waals surface area contributed by atoms with E-state index in [4.69, 9.17) is 0 Å². The van der Waals surface area contributed by atoms with E-state index >= 15 is 0 Å². The van der Waals surface area contributed by atoms with Gasteiger partial charge in [0.2, 0.25) is 0 Å². The van der Waals surface area contributed by atoms with E-state index in [1.54, 1.807) is 0 Å². The second kappa shape index (κ2) is 10.6. The highest BCUT2D eigenvalue weighted by molar-refractivity contribution is 6.19. The van der Waals surface area contributed by atoms with Gasteiger partial charge in [-0.25, -0.2) is 0 Å². The van der Waals surface area contributed by atoms with E-state index in [0.29, 0.717) is 0 Å². The summed E-state index contributed by atoms with van der Waals surface area (Å²) >= 11 is 0. The molecule has 0 amide bonds. The van der Waals surface area contributed by atoms with Crippen LogP contribution in [0.15, 0.2) is 152 Å². The Kier molecular flexibility index (Phi) is 6.21. The predicted molar refractivity (Wildman–Crippen MR) is 229 cm³/mol. The average molecular weight is 694 g/mol. The quantitative estimate of drug-likeness (QED) is 0.167. The van der Waals surface area contributed by atoms with E-state index in [2.05, 4.69) is 198 Å². The van der Waals surface area contributed by atoms with Crippen LogP contribution in [-0.2, 0) is 16.2 Å². The largest absolute Gasteiger partial charge is 0.310 e. The predicted octanol–water partition coefficient (Wildman–Crippen LogP) is 14.4. The molecular weight excluding hydrogens is 651 g/mol. The number of rotatable bonds is 3.